The molecule has 0 spiro atoms. The van der Waals surface area contributed by atoms with E-state index >= 15 is 0 Å². The topological polar surface area (TPSA) is 128 Å². The van der Waals surface area contributed by atoms with Crippen molar-refractivity contribution in [1.82, 2.24) is 10.2 Å². The third-order valence-corrected chi connectivity index (χ3v) is 5.94. The average molecular weight is 663 g/mol. The van der Waals surface area contributed by atoms with E-state index in [9.17, 15) is 24.5 Å². The summed E-state index contributed by atoms with van der Waals surface area (Å²) in [6.45, 7) is -0.246. The molecule has 0 unspecified atom stereocenters. The minimum atomic E-state index is -0.701. The number of halogens is 2. The third kappa shape index (κ3) is 5.53. The summed E-state index contributed by atoms with van der Waals surface area (Å²) >= 11 is 4.19. The Morgan fingerprint density at radius 3 is 2.38 bits per heavy atom. The number of imide groups is 1. The van der Waals surface area contributed by atoms with Crippen LogP contribution in [-0.2, 0) is 20.9 Å². The van der Waals surface area contributed by atoms with Crippen molar-refractivity contribution in [2.45, 2.75) is 6.61 Å². The first kappa shape index (κ1) is 23.9. The summed E-state index contributed by atoms with van der Waals surface area (Å²) in [7, 11) is 1.17. The van der Waals surface area contributed by atoms with Crippen LogP contribution in [0.1, 0.15) is 11.1 Å². The molecule has 2 aromatic rings. The van der Waals surface area contributed by atoms with Crippen LogP contribution in [-0.4, -0.2) is 41.4 Å². The van der Waals surface area contributed by atoms with Gasteiger partial charge in [-0.2, -0.15) is 0 Å². The van der Waals surface area contributed by atoms with Crippen LogP contribution in [0.5, 0.6) is 5.75 Å². The smallest absolute Gasteiger partial charge is 0.329 e. The number of carbonyl (C=O) groups excluding carboxylic acids is 3. The van der Waals surface area contributed by atoms with Crippen LogP contribution in [0.4, 0.5) is 10.5 Å². The quantitative estimate of drug-likeness (QED) is 0.120. The van der Waals surface area contributed by atoms with Gasteiger partial charge in [0.2, 0.25) is 0 Å². The molecular formula is C20H15I2N3O7. The van der Waals surface area contributed by atoms with Gasteiger partial charge in [-0.15, -0.1) is 0 Å². The fraction of sp³-hybridized carbons (Fsp3) is 0.150. The van der Waals surface area contributed by atoms with Crippen LogP contribution in [0.3, 0.4) is 0 Å². The highest BCUT2D eigenvalue weighted by atomic mass is 127. The van der Waals surface area contributed by atoms with Crippen molar-refractivity contribution < 1.29 is 28.8 Å². The molecule has 0 radical (unpaired) electrons. The number of ether oxygens (including phenoxy) is 2. The predicted octanol–water partition coefficient (Wildman–Crippen LogP) is 3.45. The lowest BCUT2D eigenvalue weighted by Gasteiger charge is -2.12. The number of esters is 1. The Morgan fingerprint density at radius 1 is 1.19 bits per heavy atom. The van der Waals surface area contributed by atoms with Gasteiger partial charge in [0.05, 0.1) is 19.2 Å². The molecule has 0 saturated carbocycles. The SMILES string of the molecule is COC(=O)CN1C(=O)N/C(=C/c2cc(I)c(OCc3ccc([N+](=O)[O-])cc3)c(I)c2)C1=O. The van der Waals surface area contributed by atoms with Crippen LogP contribution < -0.4 is 10.1 Å². The summed E-state index contributed by atoms with van der Waals surface area (Å²) in [6.07, 6.45) is 1.52. The molecule has 1 heterocycles. The first-order valence-electron chi connectivity index (χ1n) is 8.96. The Kier molecular flexibility index (Phi) is 7.65. The number of amides is 3. The molecule has 166 valence electrons. The molecule has 3 rings (SSSR count). The number of hydrogen-bond donors (Lipinski definition) is 1. The van der Waals surface area contributed by atoms with E-state index in [1.54, 1.807) is 24.3 Å². The van der Waals surface area contributed by atoms with Gasteiger partial charge in [0.1, 0.15) is 24.6 Å². The normalized spacial score (nSPS) is 14.5. The van der Waals surface area contributed by atoms with Crippen molar-refractivity contribution in [3.63, 3.8) is 0 Å². The highest BCUT2D eigenvalue weighted by molar-refractivity contribution is 14.1. The molecule has 12 heteroatoms. The van der Waals surface area contributed by atoms with Gasteiger partial charge in [-0.3, -0.25) is 19.7 Å². The van der Waals surface area contributed by atoms with E-state index < -0.39 is 29.4 Å². The zero-order valence-electron chi connectivity index (χ0n) is 16.5. The maximum atomic E-state index is 12.4. The summed E-state index contributed by atoms with van der Waals surface area (Å²) in [6, 6.07) is 8.96. The number of nitrogens with zero attached hydrogens (tertiary/aromatic N) is 2. The minimum Gasteiger partial charge on any atom is -0.487 e. The van der Waals surface area contributed by atoms with Crippen LogP contribution >= 0.6 is 45.2 Å². The monoisotopic (exact) mass is 663 g/mol. The molecule has 1 aliphatic rings. The lowest BCUT2D eigenvalue weighted by molar-refractivity contribution is -0.384. The van der Waals surface area contributed by atoms with Gasteiger partial charge < -0.3 is 14.8 Å². The number of nitro groups is 1. The first-order chi connectivity index (χ1) is 15.2. The molecule has 0 bridgehead atoms. The number of non-ortho nitro benzene ring substituents is 1. The fourth-order valence-electron chi connectivity index (χ4n) is 2.75. The Bertz CT molecular complexity index is 1110. The van der Waals surface area contributed by atoms with Crippen LogP contribution in [0, 0.1) is 17.3 Å². The molecule has 1 aliphatic heterocycles. The Morgan fingerprint density at radius 2 is 1.81 bits per heavy atom. The molecule has 0 aromatic heterocycles. The molecule has 1 saturated heterocycles. The number of methoxy groups -OCH3 is 1. The van der Waals surface area contributed by atoms with Gasteiger partial charge in [0.25, 0.3) is 11.6 Å². The number of urea groups is 1. The molecule has 10 nitrogen and oxygen atoms in total. The van der Waals surface area contributed by atoms with E-state index in [4.69, 9.17) is 4.74 Å². The largest absolute Gasteiger partial charge is 0.487 e. The molecule has 0 aliphatic carbocycles. The summed E-state index contributed by atoms with van der Waals surface area (Å²) in [5.74, 6) is -0.696. The molecule has 0 atom stereocenters. The van der Waals surface area contributed by atoms with E-state index in [1.807, 2.05) is 0 Å². The minimum absolute atomic E-state index is 0.00834. The van der Waals surface area contributed by atoms with Crippen LogP contribution in [0.15, 0.2) is 42.1 Å². The van der Waals surface area contributed by atoms with E-state index in [-0.39, 0.29) is 18.0 Å². The van der Waals surface area contributed by atoms with E-state index in [1.165, 1.54) is 25.3 Å². The van der Waals surface area contributed by atoms with Crippen molar-refractivity contribution in [1.29, 1.82) is 0 Å². The second kappa shape index (κ2) is 10.2. The number of benzene rings is 2. The zero-order chi connectivity index (χ0) is 23.4. The fourth-order valence-corrected chi connectivity index (χ4v) is 4.87. The lowest BCUT2D eigenvalue weighted by Crippen LogP contribution is -2.36. The van der Waals surface area contributed by atoms with Gasteiger partial charge >= 0.3 is 12.0 Å². The van der Waals surface area contributed by atoms with Crippen molar-refractivity contribution in [3.05, 3.63) is 70.5 Å². The first-order valence-corrected chi connectivity index (χ1v) is 11.1. The summed E-state index contributed by atoms with van der Waals surface area (Å²) in [5, 5.41) is 13.2. The summed E-state index contributed by atoms with van der Waals surface area (Å²) in [4.78, 5) is 46.9. The number of rotatable bonds is 7. The standard InChI is InChI=1S/C20H15I2N3O7/c1-31-17(26)9-24-19(27)16(23-20(24)28)8-12-6-14(21)18(15(22)7-12)32-10-11-2-4-13(5-3-11)25(29)30/h2-8H,9-10H2,1H3,(H,23,28)/b16-8+. The van der Waals surface area contributed by atoms with Crippen molar-refractivity contribution in [3.8, 4) is 5.75 Å². The van der Waals surface area contributed by atoms with Crippen molar-refractivity contribution in [2.24, 2.45) is 0 Å². The number of carbonyl (C=O) groups is 3. The van der Waals surface area contributed by atoms with E-state index in [0.717, 1.165) is 17.6 Å². The van der Waals surface area contributed by atoms with E-state index in [2.05, 4.69) is 55.2 Å². The number of nitro benzene ring substituents is 1. The molecule has 1 N–H and O–H groups in total. The van der Waals surface area contributed by atoms with Gasteiger partial charge in [0.15, 0.2) is 0 Å². The highest BCUT2D eigenvalue weighted by Crippen LogP contribution is 2.31. The van der Waals surface area contributed by atoms with Crippen molar-refractivity contribution >= 4 is 74.9 Å². The Hall–Kier alpha value is -2.75. The average Bonchev–Trinajstić information content (AvgIpc) is 3.00. The summed E-state index contributed by atoms with van der Waals surface area (Å²) in [5.41, 5.74) is 1.49. The van der Waals surface area contributed by atoms with Gasteiger partial charge in [-0.25, -0.2) is 9.69 Å². The van der Waals surface area contributed by atoms with Crippen LogP contribution in [0.25, 0.3) is 6.08 Å². The van der Waals surface area contributed by atoms with Crippen molar-refractivity contribution in [2.75, 3.05) is 13.7 Å². The molecule has 3 amide bonds. The second-order valence-corrected chi connectivity index (χ2v) is 8.81. The Labute approximate surface area is 209 Å². The van der Waals surface area contributed by atoms with Crippen LogP contribution in [0.2, 0.25) is 0 Å². The van der Waals surface area contributed by atoms with E-state index in [0.29, 0.717) is 11.3 Å². The molecule has 32 heavy (non-hydrogen) atoms. The maximum Gasteiger partial charge on any atom is 0.329 e. The molecule has 1 fully saturated rings. The van der Waals surface area contributed by atoms with Gasteiger partial charge in [-0.05, 0) is 86.7 Å². The molecule has 2 aromatic carbocycles. The zero-order valence-corrected chi connectivity index (χ0v) is 20.8. The third-order valence-electron chi connectivity index (χ3n) is 4.34. The number of nitrogens with one attached hydrogen (secondary N) is 1. The maximum absolute atomic E-state index is 12.4. The predicted molar refractivity (Wildman–Crippen MR) is 130 cm³/mol. The lowest BCUT2D eigenvalue weighted by atomic mass is 10.2. The Balaban J connectivity index is 1.74. The molecular weight excluding hydrogens is 648 g/mol. The number of hydrogen-bond acceptors (Lipinski definition) is 7. The van der Waals surface area contributed by atoms with Gasteiger partial charge in [-0.1, -0.05) is 0 Å². The highest BCUT2D eigenvalue weighted by Gasteiger charge is 2.35. The second-order valence-electron chi connectivity index (χ2n) is 6.48. The van der Waals surface area contributed by atoms with Gasteiger partial charge in [0, 0.05) is 12.1 Å². The summed E-state index contributed by atoms with van der Waals surface area (Å²) < 4.78 is 11.9.